The smallest absolute Gasteiger partial charge is 0.119 e. The van der Waals surface area contributed by atoms with Gasteiger partial charge in [-0.2, -0.15) is 0 Å². The highest BCUT2D eigenvalue weighted by atomic mass is 16.5. The lowest BCUT2D eigenvalue weighted by Gasteiger charge is -2.16. The Labute approximate surface area is 120 Å². The third-order valence-electron chi connectivity index (χ3n) is 3.19. The molecule has 0 aromatic heterocycles. The second-order valence-corrected chi connectivity index (χ2v) is 4.64. The van der Waals surface area contributed by atoms with Crippen LogP contribution in [0, 0.1) is 0 Å². The predicted molar refractivity (Wildman–Crippen MR) is 82.1 cm³/mol. The summed E-state index contributed by atoms with van der Waals surface area (Å²) in [5, 5.41) is 3.16. The topological polar surface area (TPSA) is 30.5 Å². The summed E-state index contributed by atoms with van der Waals surface area (Å²) in [5.41, 5.74) is 2.41. The Morgan fingerprint density at radius 1 is 0.900 bits per heavy atom. The molecule has 2 rings (SSSR count). The number of ether oxygens (including phenoxy) is 2. The molecule has 2 aromatic rings. The van der Waals surface area contributed by atoms with Crippen molar-refractivity contribution in [2.24, 2.45) is 0 Å². The fraction of sp³-hybridized carbons (Fsp3) is 0.294. The maximum absolute atomic E-state index is 5.76. The third-order valence-corrected chi connectivity index (χ3v) is 3.19. The molecule has 0 spiro atoms. The summed E-state index contributed by atoms with van der Waals surface area (Å²) in [5.74, 6) is 0.876. The van der Waals surface area contributed by atoms with Crippen molar-refractivity contribution in [1.29, 1.82) is 0 Å². The van der Waals surface area contributed by atoms with Gasteiger partial charge in [-0.05, 0) is 30.3 Å². The molecule has 0 saturated carbocycles. The average molecular weight is 271 g/mol. The summed E-state index contributed by atoms with van der Waals surface area (Å²) < 4.78 is 10.9. The Bertz CT molecular complexity index is 496. The van der Waals surface area contributed by atoms with Gasteiger partial charge in [-0.3, -0.25) is 0 Å². The first-order valence-corrected chi connectivity index (χ1v) is 6.78. The first-order valence-electron chi connectivity index (χ1n) is 6.78. The zero-order chi connectivity index (χ0) is 14.2. The zero-order valence-electron chi connectivity index (χ0n) is 12.0. The van der Waals surface area contributed by atoms with E-state index in [1.165, 1.54) is 11.1 Å². The molecule has 0 saturated heterocycles. The second kappa shape index (κ2) is 7.68. The summed E-state index contributed by atoms with van der Waals surface area (Å²) >= 11 is 0. The van der Waals surface area contributed by atoms with Crippen LogP contribution >= 0.6 is 0 Å². The van der Waals surface area contributed by atoms with Crippen molar-refractivity contribution in [2.75, 3.05) is 27.4 Å². The maximum atomic E-state index is 5.76. The molecule has 3 heteroatoms. The van der Waals surface area contributed by atoms with Gasteiger partial charge in [0.25, 0.3) is 0 Å². The predicted octanol–water partition coefficient (Wildman–Crippen LogP) is 2.97. The normalized spacial score (nSPS) is 12.1. The highest BCUT2D eigenvalue weighted by molar-refractivity contribution is 5.63. The van der Waals surface area contributed by atoms with Crippen LogP contribution in [0.4, 0.5) is 0 Å². The fourth-order valence-electron chi connectivity index (χ4n) is 1.99. The lowest BCUT2D eigenvalue weighted by atomic mass is 10.1. The molecule has 1 N–H and O–H groups in total. The van der Waals surface area contributed by atoms with Gasteiger partial charge in [0.2, 0.25) is 0 Å². The van der Waals surface area contributed by atoms with Gasteiger partial charge in [0, 0.05) is 7.11 Å². The second-order valence-electron chi connectivity index (χ2n) is 4.64. The van der Waals surface area contributed by atoms with Crippen molar-refractivity contribution in [3.63, 3.8) is 0 Å². The SMILES string of the molecule is CNC(COC)COc1ccc(-c2ccccc2)cc1. The van der Waals surface area contributed by atoms with Gasteiger partial charge in [-0.1, -0.05) is 42.5 Å². The van der Waals surface area contributed by atoms with E-state index in [-0.39, 0.29) is 6.04 Å². The van der Waals surface area contributed by atoms with Crippen molar-refractivity contribution < 1.29 is 9.47 Å². The van der Waals surface area contributed by atoms with Gasteiger partial charge in [-0.25, -0.2) is 0 Å². The monoisotopic (exact) mass is 271 g/mol. The molecule has 1 atom stereocenters. The van der Waals surface area contributed by atoms with Crippen molar-refractivity contribution in [3.8, 4) is 16.9 Å². The number of nitrogens with one attached hydrogen (secondary N) is 1. The fourth-order valence-corrected chi connectivity index (χ4v) is 1.99. The largest absolute Gasteiger partial charge is 0.492 e. The molecule has 0 aliphatic rings. The molecular formula is C17H21NO2. The molecule has 0 aliphatic heterocycles. The molecule has 0 radical (unpaired) electrons. The Kier molecular flexibility index (Phi) is 5.59. The van der Waals surface area contributed by atoms with Crippen LogP contribution in [0.1, 0.15) is 0 Å². The number of hydrogen-bond acceptors (Lipinski definition) is 3. The van der Waals surface area contributed by atoms with Crippen LogP contribution in [0.15, 0.2) is 54.6 Å². The van der Waals surface area contributed by atoms with Crippen LogP contribution in [0.2, 0.25) is 0 Å². The number of likely N-dealkylation sites (N-methyl/N-ethyl adjacent to an activating group) is 1. The van der Waals surface area contributed by atoms with Crippen LogP contribution < -0.4 is 10.1 Å². The Hall–Kier alpha value is -1.84. The standard InChI is InChI=1S/C17H21NO2/c1-18-16(12-19-2)13-20-17-10-8-15(9-11-17)14-6-4-3-5-7-14/h3-11,16,18H,12-13H2,1-2H3. The van der Waals surface area contributed by atoms with Crippen LogP contribution in [-0.2, 0) is 4.74 Å². The van der Waals surface area contributed by atoms with E-state index >= 15 is 0 Å². The van der Waals surface area contributed by atoms with Crippen LogP contribution in [0.25, 0.3) is 11.1 Å². The lowest BCUT2D eigenvalue weighted by Crippen LogP contribution is -2.35. The molecule has 0 bridgehead atoms. The summed E-state index contributed by atoms with van der Waals surface area (Å²) in [6.07, 6.45) is 0. The van der Waals surface area contributed by atoms with E-state index in [0.717, 1.165) is 5.75 Å². The number of benzene rings is 2. The van der Waals surface area contributed by atoms with E-state index in [0.29, 0.717) is 13.2 Å². The Balaban J connectivity index is 1.95. The van der Waals surface area contributed by atoms with E-state index in [4.69, 9.17) is 9.47 Å². The molecule has 0 amide bonds. The van der Waals surface area contributed by atoms with Crippen molar-refractivity contribution >= 4 is 0 Å². The maximum Gasteiger partial charge on any atom is 0.119 e. The number of methoxy groups -OCH3 is 1. The molecule has 0 aliphatic carbocycles. The van der Waals surface area contributed by atoms with E-state index in [9.17, 15) is 0 Å². The molecule has 20 heavy (non-hydrogen) atoms. The lowest BCUT2D eigenvalue weighted by molar-refractivity contribution is 0.140. The highest BCUT2D eigenvalue weighted by Crippen LogP contribution is 2.22. The van der Waals surface area contributed by atoms with Gasteiger partial charge in [0.05, 0.1) is 12.6 Å². The third kappa shape index (κ3) is 4.08. The first-order chi connectivity index (χ1) is 9.83. The summed E-state index contributed by atoms with van der Waals surface area (Å²) in [7, 11) is 3.60. The average Bonchev–Trinajstić information content (AvgIpc) is 2.53. The van der Waals surface area contributed by atoms with Crippen molar-refractivity contribution in [1.82, 2.24) is 5.32 Å². The van der Waals surface area contributed by atoms with Crippen molar-refractivity contribution in [2.45, 2.75) is 6.04 Å². The first kappa shape index (κ1) is 14.6. The minimum atomic E-state index is 0.203. The molecule has 3 nitrogen and oxygen atoms in total. The van der Waals surface area contributed by atoms with Crippen molar-refractivity contribution in [3.05, 3.63) is 54.6 Å². The minimum absolute atomic E-state index is 0.203. The van der Waals surface area contributed by atoms with Gasteiger partial charge in [0.1, 0.15) is 12.4 Å². The number of hydrogen-bond donors (Lipinski definition) is 1. The molecule has 0 heterocycles. The summed E-state index contributed by atoms with van der Waals surface area (Å²) in [4.78, 5) is 0. The van der Waals surface area contributed by atoms with E-state index in [1.54, 1.807) is 7.11 Å². The Morgan fingerprint density at radius 3 is 2.15 bits per heavy atom. The van der Waals surface area contributed by atoms with Gasteiger partial charge >= 0.3 is 0 Å². The summed E-state index contributed by atoms with van der Waals surface area (Å²) in [6, 6.07) is 18.7. The van der Waals surface area contributed by atoms with E-state index in [1.807, 2.05) is 37.4 Å². The number of rotatable bonds is 7. The van der Waals surface area contributed by atoms with Crippen LogP contribution in [0.3, 0.4) is 0 Å². The zero-order valence-corrected chi connectivity index (χ0v) is 12.0. The van der Waals surface area contributed by atoms with Crippen LogP contribution in [-0.4, -0.2) is 33.4 Å². The highest BCUT2D eigenvalue weighted by Gasteiger charge is 2.06. The van der Waals surface area contributed by atoms with Gasteiger partial charge < -0.3 is 14.8 Å². The molecule has 1 unspecified atom stereocenters. The quantitative estimate of drug-likeness (QED) is 0.840. The Morgan fingerprint density at radius 2 is 1.55 bits per heavy atom. The van der Waals surface area contributed by atoms with Gasteiger partial charge in [-0.15, -0.1) is 0 Å². The minimum Gasteiger partial charge on any atom is -0.492 e. The molecule has 106 valence electrons. The van der Waals surface area contributed by atoms with E-state index < -0.39 is 0 Å². The molecular weight excluding hydrogens is 250 g/mol. The van der Waals surface area contributed by atoms with E-state index in [2.05, 4.69) is 29.6 Å². The summed E-state index contributed by atoms with van der Waals surface area (Å²) in [6.45, 7) is 1.23. The van der Waals surface area contributed by atoms with Crippen LogP contribution in [0.5, 0.6) is 5.75 Å². The van der Waals surface area contributed by atoms with Gasteiger partial charge in [0.15, 0.2) is 0 Å². The molecule has 0 fully saturated rings. The molecule has 2 aromatic carbocycles.